The highest BCUT2D eigenvalue weighted by Crippen LogP contribution is 2.19. The zero-order chi connectivity index (χ0) is 14.8. The van der Waals surface area contributed by atoms with Crippen molar-refractivity contribution in [2.24, 2.45) is 5.73 Å². The molecule has 3 aromatic rings. The van der Waals surface area contributed by atoms with Crippen molar-refractivity contribution in [3.63, 3.8) is 0 Å². The van der Waals surface area contributed by atoms with E-state index in [9.17, 15) is 4.79 Å². The Balaban J connectivity index is 2.12. The smallest absolute Gasteiger partial charge is 0.249 e. The summed E-state index contributed by atoms with van der Waals surface area (Å²) in [6.07, 6.45) is 0.841. The molecule has 0 spiro atoms. The number of nitrogens with two attached hydrogens (primary N) is 1. The Morgan fingerprint density at radius 2 is 1.86 bits per heavy atom. The first-order valence-electron chi connectivity index (χ1n) is 7.02. The molecule has 1 aromatic heterocycles. The van der Waals surface area contributed by atoms with Gasteiger partial charge in [-0.05, 0) is 23.8 Å². The Hall–Kier alpha value is -2.62. The third kappa shape index (κ3) is 2.40. The number of imidazole rings is 1. The lowest BCUT2D eigenvalue weighted by Crippen LogP contribution is -2.15. The van der Waals surface area contributed by atoms with Crippen LogP contribution in [-0.4, -0.2) is 15.5 Å². The van der Waals surface area contributed by atoms with Crippen molar-refractivity contribution < 1.29 is 4.79 Å². The Morgan fingerprint density at radius 3 is 2.62 bits per heavy atom. The van der Waals surface area contributed by atoms with Gasteiger partial charge >= 0.3 is 0 Å². The molecule has 4 heteroatoms. The van der Waals surface area contributed by atoms with Crippen LogP contribution in [0.3, 0.4) is 0 Å². The van der Waals surface area contributed by atoms with Gasteiger partial charge in [0.15, 0.2) is 0 Å². The summed E-state index contributed by atoms with van der Waals surface area (Å²) in [4.78, 5) is 16.2. The van der Waals surface area contributed by atoms with E-state index in [2.05, 4.69) is 16.5 Å². The van der Waals surface area contributed by atoms with Crippen molar-refractivity contribution in [3.8, 4) is 0 Å². The maximum absolute atomic E-state index is 11.6. The Bertz CT molecular complexity index is 805. The van der Waals surface area contributed by atoms with Crippen LogP contribution >= 0.6 is 0 Å². The van der Waals surface area contributed by atoms with E-state index >= 15 is 0 Å². The van der Waals surface area contributed by atoms with Gasteiger partial charge in [0.1, 0.15) is 5.82 Å². The molecule has 0 radical (unpaired) electrons. The van der Waals surface area contributed by atoms with Crippen LogP contribution in [0.1, 0.15) is 28.7 Å². The van der Waals surface area contributed by atoms with Gasteiger partial charge in [-0.15, -0.1) is 0 Å². The number of rotatable bonds is 4. The number of benzene rings is 2. The number of aryl methyl sites for hydroxylation is 1. The summed E-state index contributed by atoms with van der Waals surface area (Å²) in [5.41, 5.74) is 9.00. The van der Waals surface area contributed by atoms with E-state index in [0.29, 0.717) is 12.1 Å². The second kappa shape index (κ2) is 5.40. The molecule has 0 saturated carbocycles. The number of carbonyl (C=O) groups excluding carboxylic acids is 1. The molecule has 106 valence electrons. The fraction of sp³-hybridized carbons (Fsp3) is 0.176. The molecular weight excluding hydrogens is 262 g/mol. The minimum absolute atomic E-state index is 0.395. The van der Waals surface area contributed by atoms with Crippen LogP contribution in [0.15, 0.2) is 48.5 Å². The first kappa shape index (κ1) is 13.4. The second-order valence-corrected chi connectivity index (χ2v) is 4.98. The zero-order valence-electron chi connectivity index (χ0n) is 11.9. The van der Waals surface area contributed by atoms with Crippen molar-refractivity contribution >= 4 is 16.9 Å². The molecule has 3 rings (SSSR count). The number of aromatic nitrogens is 2. The van der Waals surface area contributed by atoms with Gasteiger partial charge in [-0.2, -0.15) is 0 Å². The van der Waals surface area contributed by atoms with E-state index in [0.717, 1.165) is 28.8 Å². The van der Waals surface area contributed by atoms with Gasteiger partial charge in [0.2, 0.25) is 5.91 Å². The van der Waals surface area contributed by atoms with E-state index in [4.69, 9.17) is 5.73 Å². The molecule has 0 unspecified atom stereocenters. The molecule has 0 bridgehead atoms. The van der Waals surface area contributed by atoms with Gasteiger partial charge in [0.25, 0.3) is 0 Å². The number of amides is 1. The first-order valence-corrected chi connectivity index (χ1v) is 7.02. The fourth-order valence-electron chi connectivity index (χ4n) is 2.64. The number of hydrogen-bond acceptors (Lipinski definition) is 2. The number of carbonyl (C=O) groups is 1. The number of para-hydroxylation sites is 2. The van der Waals surface area contributed by atoms with Crippen LogP contribution in [0.2, 0.25) is 0 Å². The van der Waals surface area contributed by atoms with Crippen molar-refractivity contribution in [1.82, 2.24) is 9.55 Å². The summed E-state index contributed by atoms with van der Waals surface area (Å²) in [5, 5.41) is 0. The summed E-state index contributed by atoms with van der Waals surface area (Å²) in [5.74, 6) is 0.614. The topological polar surface area (TPSA) is 60.9 Å². The second-order valence-electron chi connectivity index (χ2n) is 4.98. The van der Waals surface area contributed by atoms with Gasteiger partial charge < -0.3 is 10.3 Å². The van der Waals surface area contributed by atoms with Gasteiger partial charge in [-0.1, -0.05) is 37.3 Å². The van der Waals surface area contributed by atoms with Crippen molar-refractivity contribution in [2.45, 2.75) is 19.9 Å². The minimum Gasteiger partial charge on any atom is -0.366 e. The maximum atomic E-state index is 11.6. The van der Waals surface area contributed by atoms with Crippen molar-refractivity contribution in [1.29, 1.82) is 0 Å². The Kier molecular flexibility index (Phi) is 3.44. The minimum atomic E-state index is -0.395. The molecule has 21 heavy (non-hydrogen) atoms. The lowest BCUT2D eigenvalue weighted by Gasteiger charge is -2.11. The highest BCUT2D eigenvalue weighted by molar-refractivity contribution is 5.94. The van der Waals surface area contributed by atoms with E-state index in [1.165, 1.54) is 0 Å². The van der Waals surface area contributed by atoms with E-state index in [1.807, 2.05) is 42.5 Å². The molecule has 0 atom stereocenters. The molecule has 1 heterocycles. The van der Waals surface area contributed by atoms with Crippen molar-refractivity contribution in [2.75, 3.05) is 0 Å². The zero-order valence-corrected chi connectivity index (χ0v) is 11.9. The Morgan fingerprint density at radius 1 is 1.14 bits per heavy atom. The molecule has 1 amide bonds. The molecule has 0 fully saturated rings. The SMILES string of the molecule is CCc1nc2ccccc2n1Cc1ccccc1C(N)=O. The average molecular weight is 279 g/mol. The summed E-state index contributed by atoms with van der Waals surface area (Å²) in [7, 11) is 0. The largest absolute Gasteiger partial charge is 0.366 e. The van der Waals surface area contributed by atoms with Crippen LogP contribution in [0.4, 0.5) is 0 Å². The Labute approximate surface area is 123 Å². The van der Waals surface area contributed by atoms with Crippen LogP contribution in [0, 0.1) is 0 Å². The summed E-state index contributed by atoms with van der Waals surface area (Å²) < 4.78 is 2.15. The highest BCUT2D eigenvalue weighted by atomic mass is 16.1. The van der Waals surface area contributed by atoms with Gasteiger partial charge in [-0.3, -0.25) is 4.79 Å². The summed E-state index contributed by atoms with van der Waals surface area (Å²) >= 11 is 0. The van der Waals surface area contributed by atoms with Crippen LogP contribution < -0.4 is 5.73 Å². The predicted octanol–water partition coefficient (Wildman–Crippen LogP) is 2.75. The quantitative estimate of drug-likeness (QED) is 0.798. The van der Waals surface area contributed by atoms with E-state index < -0.39 is 5.91 Å². The molecule has 2 N–H and O–H groups in total. The number of hydrogen-bond donors (Lipinski definition) is 1. The standard InChI is InChI=1S/C17H17N3O/c1-2-16-19-14-9-5-6-10-15(14)20(16)11-12-7-3-4-8-13(12)17(18)21/h3-10H,2,11H2,1H3,(H2,18,21). The summed E-state index contributed by atoms with van der Waals surface area (Å²) in [6.45, 7) is 2.68. The molecular formula is C17H17N3O. The third-order valence-corrected chi connectivity index (χ3v) is 3.66. The lowest BCUT2D eigenvalue weighted by atomic mass is 10.1. The van der Waals surface area contributed by atoms with Crippen molar-refractivity contribution in [3.05, 3.63) is 65.5 Å². The van der Waals surface area contributed by atoms with Gasteiger partial charge in [0.05, 0.1) is 17.6 Å². The lowest BCUT2D eigenvalue weighted by molar-refractivity contribution is 0.0999. The van der Waals surface area contributed by atoms with E-state index in [-0.39, 0.29) is 0 Å². The number of fused-ring (bicyclic) bond motifs is 1. The molecule has 4 nitrogen and oxygen atoms in total. The predicted molar refractivity (Wildman–Crippen MR) is 83.2 cm³/mol. The fourth-order valence-corrected chi connectivity index (χ4v) is 2.64. The van der Waals surface area contributed by atoms with Gasteiger partial charge in [-0.25, -0.2) is 4.98 Å². The maximum Gasteiger partial charge on any atom is 0.249 e. The first-order chi connectivity index (χ1) is 10.2. The summed E-state index contributed by atoms with van der Waals surface area (Å²) in [6, 6.07) is 15.5. The monoisotopic (exact) mass is 279 g/mol. The molecule has 0 aliphatic rings. The molecule has 0 aliphatic heterocycles. The van der Waals surface area contributed by atoms with Crippen LogP contribution in [-0.2, 0) is 13.0 Å². The molecule has 0 saturated heterocycles. The third-order valence-electron chi connectivity index (χ3n) is 3.66. The highest BCUT2D eigenvalue weighted by Gasteiger charge is 2.12. The molecule has 0 aliphatic carbocycles. The number of nitrogens with zero attached hydrogens (tertiary/aromatic N) is 2. The molecule has 2 aromatic carbocycles. The van der Waals surface area contributed by atoms with Crippen LogP contribution in [0.5, 0.6) is 0 Å². The van der Waals surface area contributed by atoms with Crippen LogP contribution in [0.25, 0.3) is 11.0 Å². The average Bonchev–Trinajstić information content (AvgIpc) is 2.86. The normalized spacial score (nSPS) is 10.9. The number of primary amides is 1. The van der Waals surface area contributed by atoms with Gasteiger partial charge in [0, 0.05) is 12.0 Å². The van der Waals surface area contributed by atoms with E-state index in [1.54, 1.807) is 6.07 Å².